The highest BCUT2D eigenvalue weighted by molar-refractivity contribution is 5.96. The van der Waals surface area contributed by atoms with Gasteiger partial charge in [0.05, 0.1) is 0 Å². The number of amides is 3. The summed E-state index contributed by atoms with van der Waals surface area (Å²) in [5, 5.41) is 1.84. The van der Waals surface area contributed by atoms with Crippen LogP contribution >= 0.6 is 0 Å². The molecule has 0 radical (unpaired) electrons. The van der Waals surface area contributed by atoms with Crippen molar-refractivity contribution in [1.82, 2.24) is 5.32 Å². The number of carbonyl (C=O) groups is 3. The van der Waals surface area contributed by atoms with Gasteiger partial charge >= 0.3 is 12.0 Å². The number of primary amides is 1. The molecule has 2 aromatic carbocycles. The number of carbonyl (C=O) groups excluding carboxylic acids is 3. The third kappa shape index (κ3) is 5.94. The van der Waals surface area contributed by atoms with Crippen molar-refractivity contribution in [1.29, 1.82) is 0 Å². The van der Waals surface area contributed by atoms with Crippen LogP contribution in [0.15, 0.2) is 54.6 Å². The van der Waals surface area contributed by atoms with Crippen LogP contribution < -0.4 is 15.8 Å². The third-order valence-corrected chi connectivity index (χ3v) is 3.48. The van der Waals surface area contributed by atoms with E-state index in [9.17, 15) is 14.4 Å². The van der Waals surface area contributed by atoms with Gasteiger partial charge in [-0.15, -0.1) is 0 Å². The van der Waals surface area contributed by atoms with Gasteiger partial charge in [0, 0.05) is 6.42 Å². The first-order valence-electron chi connectivity index (χ1n) is 8.00. The van der Waals surface area contributed by atoms with Crippen molar-refractivity contribution in [3.05, 3.63) is 65.7 Å². The maximum atomic E-state index is 11.8. The molecule has 2 aromatic rings. The summed E-state index contributed by atoms with van der Waals surface area (Å²) in [6, 6.07) is 16.2. The first kappa shape index (κ1) is 19.0. The number of hydrogen-bond acceptors (Lipinski definition) is 5. The van der Waals surface area contributed by atoms with Gasteiger partial charge < -0.3 is 15.2 Å². The lowest BCUT2D eigenvalue weighted by Crippen LogP contribution is -2.42. The second-order valence-corrected chi connectivity index (χ2v) is 5.54. The number of urea groups is 1. The van der Waals surface area contributed by atoms with E-state index in [1.165, 1.54) is 6.92 Å². The van der Waals surface area contributed by atoms with Crippen molar-refractivity contribution in [2.75, 3.05) is 6.61 Å². The number of nitrogens with two attached hydrogens (primary N) is 1. The van der Waals surface area contributed by atoms with Crippen LogP contribution in [0.2, 0.25) is 0 Å². The molecule has 0 fully saturated rings. The van der Waals surface area contributed by atoms with E-state index < -0.39 is 24.0 Å². The molecule has 0 unspecified atom stereocenters. The number of rotatable bonds is 7. The molecule has 0 aromatic heterocycles. The minimum absolute atomic E-state index is 0.361. The maximum absolute atomic E-state index is 11.8. The monoisotopic (exact) mass is 356 g/mol. The minimum Gasteiger partial charge on any atom is -0.482 e. The molecule has 0 aliphatic rings. The Kier molecular flexibility index (Phi) is 6.73. The summed E-state index contributed by atoms with van der Waals surface area (Å²) in [5.41, 5.74) is 6.88. The Bertz CT molecular complexity index is 777. The van der Waals surface area contributed by atoms with Crippen molar-refractivity contribution in [3.8, 4) is 5.75 Å². The Morgan fingerprint density at radius 1 is 1.04 bits per heavy atom. The fourth-order valence-electron chi connectivity index (χ4n) is 2.25. The average Bonchev–Trinajstić information content (AvgIpc) is 2.61. The van der Waals surface area contributed by atoms with Gasteiger partial charge in [-0.3, -0.25) is 10.1 Å². The zero-order valence-electron chi connectivity index (χ0n) is 14.3. The summed E-state index contributed by atoms with van der Waals surface area (Å²) in [5.74, 6) is -0.968. The van der Waals surface area contributed by atoms with Gasteiger partial charge in [0.15, 0.2) is 12.7 Å². The van der Waals surface area contributed by atoms with E-state index in [1.807, 2.05) is 47.8 Å². The fraction of sp³-hybridized carbons (Fsp3) is 0.211. The summed E-state index contributed by atoms with van der Waals surface area (Å²) in [7, 11) is 0. The highest BCUT2D eigenvalue weighted by atomic mass is 16.6. The van der Waals surface area contributed by atoms with Gasteiger partial charge in [-0.05, 0) is 24.1 Å². The standard InChI is InChI=1S/C19H20N2O5/c1-13(18(23)21-19(20)24)26-17(22)12-25-16-10-6-5-9-15(16)11-14-7-3-2-4-8-14/h2-10,13H,11-12H2,1H3,(H3,20,21,23,24)/t13-/m0/s1. The second kappa shape index (κ2) is 9.22. The molecule has 0 spiro atoms. The average molecular weight is 356 g/mol. The zero-order valence-corrected chi connectivity index (χ0v) is 14.3. The van der Waals surface area contributed by atoms with Crippen LogP contribution in [0.3, 0.4) is 0 Å². The van der Waals surface area contributed by atoms with Gasteiger partial charge in [-0.2, -0.15) is 0 Å². The molecular weight excluding hydrogens is 336 g/mol. The van der Waals surface area contributed by atoms with Crippen LogP contribution in [0.25, 0.3) is 0 Å². The van der Waals surface area contributed by atoms with Gasteiger partial charge in [0.2, 0.25) is 0 Å². The van der Waals surface area contributed by atoms with Crippen molar-refractivity contribution >= 4 is 17.9 Å². The summed E-state index contributed by atoms with van der Waals surface area (Å²) < 4.78 is 10.4. The van der Waals surface area contributed by atoms with E-state index in [1.54, 1.807) is 12.1 Å². The lowest BCUT2D eigenvalue weighted by atomic mass is 10.0. The molecule has 3 amide bonds. The van der Waals surface area contributed by atoms with E-state index in [-0.39, 0.29) is 6.61 Å². The van der Waals surface area contributed by atoms with Gasteiger partial charge in [0.25, 0.3) is 5.91 Å². The Morgan fingerprint density at radius 2 is 1.69 bits per heavy atom. The molecule has 26 heavy (non-hydrogen) atoms. The Hall–Kier alpha value is -3.35. The molecule has 3 N–H and O–H groups in total. The Morgan fingerprint density at radius 3 is 2.38 bits per heavy atom. The molecule has 0 saturated carbocycles. The number of nitrogens with one attached hydrogen (secondary N) is 1. The van der Waals surface area contributed by atoms with Crippen LogP contribution in [0.1, 0.15) is 18.1 Å². The van der Waals surface area contributed by atoms with Gasteiger partial charge in [0.1, 0.15) is 5.75 Å². The molecule has 0 aliphatic carbocycles. The molecule has 136 valence electrons. The minimum atomic E-state index is -1.15. The lowest BCUT2D eigenvalue weighted by Gasteiger charge is -2.14. The van der Waals surface area contributed by atoms with Crippen LogP contribution in [-0.2, 0) is 20.7 Å². The summed E-state index contributed by atoms with van der Waals surface area (Å²) >= 11 is 0. The van der Waals surface area contributed by atoms with Crippen molar-refractivity contribution in [3.63, 3.8) is 0 Å². The van der Waals surface area contributed by atoms with E-state index in [0.717, 1.165) is 11.1 Å². The van der Waals surface area contributed by atoms with Gasteiger partial charge in [-0.1, -0.05) is 48.5 Å². The largest absolute Gasteiger partial charge is 0.482 e. The SMILES string of the molecule is C[C@H](OC(=O)COc1ccccc1Cc1ccccc1)C(=O)NC(N)=O. The van der Waals surface area contributed by atoms with E-state index in [4.69, 9.17) is 15.2 Å². The third-order valence-electron chi connectivity index (χ3n) is 3.48. The number of benzene rings is 2. The van der Waals surface area contributed by atoms with E-state index >= 15 is 0 Å². The molecule has 1 atom stereocenters. The first-order chi connectivity index (χ1) is 12.5. The Balaban J connectivity index is 1.92. The lowest BCUT2D eigenvalue weighted by molar-refractivity contribution is -0.156. The highest BCUT2D eigenvalue weighted by Gasteiger charge is 2.19. The van der Waals surface area contributed by atoms with Crippen LogP contribution in [0.5, 0.6) is 5.75 Å². The molecule has 0 aliphatic heterocycles. The molecular formula is C19H20N2O5. The number of para-hydroxylation sites is 1. The highest BCUT2D eigenvalue weighted by Crippen LogP contribution is 2.21. The Labute approximate surface area is 151 Å². The molecule has 7 nitrogen and oxygen atoms in total. The van der Waals surface area contributed by atoms with Crippen LogP contribution in [0, 0.1) is 0 Å². The molecule has 0 heterocycles. The predicted octanol–water partition coefficient (Wildman–Crippen LogP) is 1.78. The van der Waals surface area contributed by atoms with E-state index in [2.05, 4.69) is 0 Å². The molecule has 0 bridgehead atoms. The summed E-state index contributed by atoms with van der Waals surface area (Å²) in [6.45, 7) is 0.972. The molecule has 7 heteroatoms. The summed E-state index contributed by atoms with van der Waals surface area (Å²) in [6.07, 6.45) is -0.498. The number of ether oxygens (including phenoxy) is 2. The summed E-state index contributed by atoms with van der Waals surface area (Å²) in [4.78, 5) is 34.0. The fourth-order valence-corrected chi connectivity index (χ4v) is 2.25. The van der Waals surface area contributed by atoms with Crippen molar-refractivity contribution in [2.45, 2.75) is 19.4 Å². The number of esters is 1. The maximum Gasteiger partial charge on any atom is 0.344 e. The predicted molar refractivity (Wildman–Crippen MR) is 94.5 cm³/mol. The van der Waals surface area contributed by atoms with E-state index in [0.29, 0.717) is 12.2 Å². The first-order valence-corrected chi connectivity index (χ1v) is 8.00. The zero-order chi connectivity index (χ0) is 18.9. The van der Waals surface area contributed by atoms with Crippen LogP contribution in [0.4, 0.5) is 4.79 Å². The van der Waals surface area contributed by atoms with Gasteiger partial charge in [-0.25, -0.2) is 9.59 Å². The van der Waals surface area contributed by atoms with Crippen molar-refractivity contribution in [2.24, 2.45) is 5.73 Å². The smallest absolute Gasteiger partial charge is 0.344 e. The number of imide groups is 1. The second-order valence-electron chi connectivity index (χ2n) is 5.54. The molecule has 2 rings (SSSR count). The van der Waals surface area contributed by atoms with Crippen LogP contribution in [-0.4, -0.2) is 30.6 Å². The van der Waals surface area contributed by atoms with Crippen molar-refractivity contribution < 1.29 is 23.9 Å². The molecule has 0 saturated heterocycles. The normalized spacial score (nSPS) is 11.3. The number of hydrogen-bond donors (Lipinski definition) is 2. The topological polar surface area (TPSA) is 108 Å². The quantitative estimate of drug-likeness (QED) is 0.735.